The molecule has 0 aromatic heterocycles. The highest BCUT2D eigenvalue weighted by atomic mass is 16.4. The molecule has 1 atom stereocenters. The molecule has 7 heteroatoms. The van der Waals surface area contributed by atoms with Gasteiger partial charge in [-0.05, 0) is 25.0 Å². The summed E-state index contributed by atoms with van der Waals surface area (Å²) in [6, 6.07) is 7.54. The summed E-state index contributed by atoms with van der Waals surface area (Å²) < 4.78 is 0. The Morgan fingerprint density at radius 3 is 2.52 bits per heavy atom. The van der Waals surface area contributed by atoms with E-state index in [0.29, 0.717) is 18.5 Å². The zero-order valence-electron chi connectivity index (χ0n) is 11.8. The molecule has 1 unspecified atom stereocenters. The summed E-state index contributed by atoms with van der Waals surface area (Å²) in [6.45, 7) is 0.463. The number of hydrogen-bond acceptors (Lipinski definition) is 3. The highest BCUT2D eigenvalue weighted by Gasteiger charge is 2.19. The lowest BCUT2D eigenvalue weighted by Crippen LogP contribution is -2.41. The van der Waals surface area contributed by atoms with Crippen molar-refractivity contribution in [2.24, 2.45) is 0 Å². The second-order valence-corrected chi connectivity index (χ2v) is 4.42. The standard InChI is InChI=1S/C14H20N4O3/c1-16-14(15)17-9-5-8-11(13(20)21)18-12(19)10-6-3-2-4-7-10/h2-4,6-7,11H,5,8-9H2,1H3,(H,18,19)(H,20,21)(H3,15,16,17). The lowest BCUT2D eigenvalue weighted by molar-refractivity contribution is -0.139. The third-order valence-corrected chi connectivity index (χ3v) is 2.86. The lowest BCUT2D eigenvalue weighted by Gasteiger charge is -2.15. The van der Waals surface area contributed by atoms with Crippen LogP contribution in [-0.4, -0.2) is 42.6 Å². The Morgan fingerprint density at radius 2 is 1.95 bits per heavy atom. The van der Waals surface area contributed by atoms with Crippen LogP contribution < -0.4 is 16.0 Å². The average molecular weight is 292 g/mol. The van der Waals surface area contributed by atoms with Crippen molar-refractivity contribution >= 4 is 17.8 Å². The van der Waals surface area contributed by atoms with Crippen LogP contribution in [-0.2, 0) is 4.79 Å². The van der Waals surface area contributed by atoms with Gasteiger partial charge in [-0.3, -0.25) is 10.2 Å². The normalized spacial score (nSPS) is 11.3. The molecular formula is C14H20N4O3. The number of amides is 1. The van der Waals surface area contributed by atoms with Gasteiger partial charge >= 0.3 is 5.97 Å². The zero-order chi connectivity index (χ0) is 15.7. The Bertz CT molecular complexity index is 490. The van der Waals surface area contributed by atoms with E-state index in [9.17, 15) is 9.59 Å². The molecule has 0 aliphatic carbocycles. The Hall–Kier alpha value is -2.57. The number of hydrogen-bond donors (Lipinski definition) is 5. The number of aliphatic carboxylic acids is 1. The average Bonchev–Trinajstić information content (AvgIpc) is 2.50. The van der Waals surface area contributed by atoms with Crippen LogP contribution in [0.3, 0.4) is 0 Å². The topological polar surface area (TPSA) is 114 Å². The van der Waals surface area contributed by atoms with E-state index in [1.54, 1.807) is 37.4 Å². The molecule has 0 aliphatic heterocycles. The number of carbonyl (C=O) groups excluding carboxylic acids is 1. The summed E-state index contributed by atoms with van der Waals surface area (Å²) in [4.78, 5) is 23.1. The Labute approximate surface area is 123 Å². The maximum absolute atomic E-state index is 11.9. The molecule has 7 nitrogen and oxygen atoms in total. The van der Waals surface area contributed by atoms with E-state index in [0.717, 1.165) is 0 Å². The molecule has 0 radical (unpaired) electrons. The van der Waals surface area contributed by atoms with Gasteiger partial charge in [-0.2, -0.15) is 0 Å². The van der Waals surface area contributed by atoms with Gasteiger partial charge in [-0.1, -0.05) is 18.2 Å². The Balaban J connectivity index is 2.45. The Kier molecular flexibility index (Phi) is 6.73. The minimum atomic E-state index is -1.07. The van der Waals surface area contributed by atoms with Crippen LogP contribution in [0, 0.1) is 5.41 Å². The first-order valence-corrected chi connectivity index (χ1v) is 6.63. The fourth-order valence-corrected chi connectivity index (χ4v) is 1.70. The summed E-state index contributed by atoms with van der Waals surface area (Å²) in [5, 5.41) is 24.4. The van der Waals surface area contributed by atoms with Crippen molar-refractivity contribution in [3.05, 3.63) is 35.9 Å². The molecule has 0 bridgehead atoms. The third kappa shape index (κ3) is 5.94. The van der Waals surface area contributed by atoms with Gasteiger partial charge in [-0.25, -0.2) is 4.79 Å². The maximum Gasteiger partial charge on any atom is 0.326 e. The summed E-state index contributed by atoms with van der Waals surface area (Å²) >= 11 is 0. The molecule has 114 valence electrons. The van der Waals surface area contributed by atoms with Crippen molar-refractivity contribution in [3.8, 4) is 0 Å². The summed E-state index contributed by atoms with van der Waals surface area (Å²) in [6.07, 6.45) is 0.813. The first kappa shape index (κ1) is 16.5. The number of carboxylic acid groups (broad SMARTS) is 1. The molecule has 1 aromatic carbocycles. The van der Waals surface area contributed by atoms with Crippen molar-refractivity contribution in [2.45, 2.75) is 18.9 Å². The fraction of sp³-hybridized carbons (Fsp3) is 0.357. The van der Waals surface area contributed by atoms with E-state index >= 15 is 0 Å². The largest absolute Gasteiger partial charge is 0.480 e. The van der Waals surface area contributed by atoms with E-state index in [1.807, 2.05) is 0 Å². The SMILES string of the molecule is CNC(=N)NCCCC(NC(=O)c1ccccc1)C(=O)O. The molecule has 0 saturated carbocycles. The van der Waals surface area contributed by atoms with Crippen LogP contribution in [0.4, 0.5) is 0 Å². The molecule has 1 aromatic rings. The second-order valence-electron chi connectivity index (χ2n) is 4.42. The zero-order valence-corrected chi connectivity index (χ0v) is 11.8. The van der Waals surface area contributed by atoms with E-state index in [4.69, 9.17) is 10.5 Å². The van der Waals surface area contributed by atoms with Crippen molar-refractivity contribution in [1.29, 1.82) is 5.41 Å². The van der Waals surface area contributed by atoms with Gasteiger partial charge in [-0.15, -0.1) is 0 Å². The minimum Gasteiger partial charge on any atom is -0.480 e. The fourth-order valence-electron chi connectivity index (χ4n) is 1.70. The quantitative estimate of drug-likeness (QED) is 0.283. The lowest BCUT2D eigenvalue weighted by atomic mass is 10.1. The van der Waals surface area contributed by atoms with Crippen LogP contribution in [0.15, 0.2) is 30.3 Å². The molecule has 21 heavy (non-hydrogen) atoms. The number of carboxylic acids is 1. The number of guanidine groups is 1. The Morgan fingerprint density at radius 1 is 1.29 bits per heavy atom. The van der Waals surface area contributed by atoms with Gasteiger partial charge < -0.3 is 21.1 Å². The van der Waals surface area contributed by atoms with E-state index in [2.05, 4.69) is 16.0 Å². The summed E-state index contributed by atoms with van der Waals surface area (Å²) in [5.41, 5.74) is 0.429. The molecule has 0 spiro atoms. The highest BCUT2D eigenvalue weighted by molar-refractivity contribution is 5.96. The smallest absolute Gasteiger partial charge is 0.326 e. The molecule has 1 amide bonds. The molecule has 0 saturated heterocycles. The van der Waals surface area contributed by atoms with Crippen LogP contribution in [0.25, 0.3) is 0 Å². The number of benzene rings is 1. The first-order valence-electron chi connectivity index (χ1n) is 6.63. The molecule has 0 heterocycles. The van der Waals surface area contributed by atoms with E-state index in [1.165, 1.54) is 0 Å². The van der Waals surface area contributed by atoms with Crippen molar-refractivity contribution in [1.82, 2.24) is 16.0 Å². The van der Waals surface area contributed by atoms with Crippen LogP contribution in [0.2, 0.25) is 0 Å². The van der Waals surface area contributed by atoms with Gasteiger partial charge in [0.1, 0.15) is 6.04 Å². The van der Waals surface area contributed by atoms with E-state index < -0.39 is 17.9 Å². The third-order valence-electron chi connectivity index (χ3n) is 2.86. The van der Waals surface area contributed by atoms with Gasteiger partial charge in [0.2, 0.25) is 0 Å². The van der Waals surface area contributed by atoms with Crippen molar-refractivity contribution in [2.75, 3.05) is 13.6 Å². The van der Waals surface area contributed by atoms with Gasteiger partial charge in [0, 0.05) is 19.2 Å². The van der Waals surface area contributed by atoms with Crippen molar-refractivity contribution < 1.29 is 14.7 Å². The number of rotatable bonds is 7. The van der Waals surface area contributed by atoms with Crippen LogP contribution in [0.5, 0.6) is 0 Å². The molecule has 0 aliphatic rings. The maximum atomic E-state index is 11.9. The minimum absolute atomic E-state index is 0.176. The monoisotopic (exact) mass is 292 g/mol. The molecule has 1 rings (SSSR count). The summed E-state index contributed by atoms with van der Waals surface area (Å²) in [7, 11) is 1.62. The second kappa shape index (κ2) is 8.57. The van der Waals surface area contributed by atoms with Crippen LogP contribution in [0.1, 0.15) is 23.2 Å². The summed E-state index contributed by atoms with van der Waals surface area (Å²) in [5.74, 6) is -1.29. The van der Waals surface area contributed by atoms with Crippen LogP contribution >= 0.6 is 0 Å². The van der Waals surface area contributed by atoms with Gasteiger partial charge in [0.15, 0.2) is 5.96 Å². The predicted molar refractivity (Wildman–Crippen MR) is 79.4 cm³/mol. The highest BCUT2D eigenvalue weighted by Crippen LogP contribution is 2.02. The predicted octanol–water partition coefficient (Wildman–Crippen LogP) is 0.394. The molecule has 0 fully saturated rings. The van der Waals surface area contributed by atoms with Gasteiger partial charge in [0.25, 0.3) is 5.91 Å². The van der Waals surface area contributed by atoms with E-state index in [-0.39, 0.29) is 12.4 Å². The van der Waals surface area contributed by atoms with Gasteiger partial charge in [0.05, 0.1) is 0 Å². The number of carbonyl (C=O) groups is 2. The molecule has 5 N–H and O–H groups in total. The van der Waals surface area contributed by atoms with Crippen molar-refractivity contribution in [3.63, 3.8) is 0 Å². The molecular weight excluding hydrogens is 272 g/mol. The first-order chi connectivity index (χ1) is 10.0. The number of nitrogens with one attached hydrogen (secondary N) is 4.